The van der Waals surface area contributed by atoms with E-state index in [1.54, 1.807) is 12.4 Å². The average molecular weight is 413 g/mol. The number of hydrogen-bond donors (Lipinski definition) is 2. The van der Waals surface area contributed by atoms with Crippen molar-refractivity contribution in [1.82, 2.24) is 19.9 Å². The van der Waals surface area contributed by atoms with E-state index in [1.165, 1.54) is 0 Å². The van der Waals surface area contributed by atoms with Crippen molar-refractivity contribution in [2.45, 2.75) is 31.1 Å². The molecule has 8 nitrogen and oxygen atoms in total. The first kappa shape index (κ1) is 18.5. The third-order valence-corrected chi connectivity index (χ3v) is 8.11. The molecule has 0 aromatic carbocycles. The van der Waals surface area contributed by atoms with Gasteiger partial charge in [-0.3, -0.25) is 9.76 Å². The van der Waals surface area contributed by atoms with Gasteiger partial charge in [0.05, 0.1) is 51.6 Å². The maximum atomic E-state index is 12.8. The topological polar surface area (TPSA) is 108 Å². The first-order valence-corrected chi connectivity index (χ1v) is 11.7. The van der Waals surface area contributed by atoms with Crippen LogP contribution in [0.1, 0.15) is 30.7 Å². The van der Waals surface area contributed by atoms with Crippen molar-refractivity contribution >= 4 is 26.4 Å². The monoisotopic (exact) mass is 412 g/mol. The van der Waals surface area contributed by atoms with Gasteiger partial charge in [-0.15, -0.1) is 0 Å². The molecule has 5 heterocycles. The summed E-state index contributed by atoms with van der Waals surface area (Å²) in [7, 11) is -2.69. The molecule has 0 radical (unpaired) electrons. The molecular weight excluding hydrogens is 388 g/mol. The highest BCUT2D eigenvalue weighted by atomic mass is 32.2. The Balaban J connectivity index is 1.69. The minimum atomic E-state index is -2.69. The number of hydrogen-bond acceptors (Lipinski definition) is 7. The van der Waals surface area contributed by atoms with Gasteiger partial charge in [0.2, 0.25) is 0 Å². The maximum Gasteiger partial charge on any atom is 0.164 e. The minimum absolute atomic E-state index is 0.185. The molecule has 2 unspecified atom stereocenters. The molecule has 5 rings (SSSR count). The first-order chi connectivity index (χ1) is 14.0. The SMILES string of the molecule is C[C@@H]1COCCN1c1cc(C2CCCS2(=N)=O)nc(-c2cncc3[nH]ccc23)n1. The number of pyridine rings is 1. The second kappa shape index (κ2) is 7.07. The molecule has 0 spiro atoms. The van der Waals surface area contributed by atoms with Crippen LogP contribution >= 0.6 is 0 Å². The molecule has 0 bridgehead atoms. The van der Waals surface area contributed by atoms with Crippen molar-refractivity contribution in [1.29, 1.82) is 4.78 Å². The van der Waals surface area contributed by atoms with E-state index in [4.69, 9.17) is 19.5 Å². The zero-order chi connectivity index (χ0) is 20.0. The lowest BCUT2D eigenvalue weighted by Gasteiger charge is -2.34. The Hall–Kier alpha value is -2.52. The number of H-pyrrole nitrogens is 1. The normalized spacial score (nSPS) is 27.6. The summed E-state index contributed by atoms with van der Waals surface area (Å²) in [5.41, 5.74) is 2.46. The lowest BCUT2D eigenvalue weighted by molar-refractivity contribution is 0.0985. The van der Waals surface area contributed by atoms with Crippen LogP contribution in [0.15, 0.2) is 30.7 Å². The smallest absolute Gasteiger partial charge is 0.164 e. The van der Waals surface area contributed by atoms with Gasteiger partial charge in [0, 0.05) is 41.7 Å². The van der Waals surface area contributed by atoms with Crippen LogP contribution in [0.5, 0.6) is 0 Å². The molecule has 0 aliphatic carbocycles. The summed E-state index contributed by atoms with van der Waals surface area (Å²) in [5, 5.41) is 0.647. The van der Waals surface area contributed by atoms with Gasteiger partial charge >= 0.3 is 0 Å². The highest BCUT2D eigenvalue weighted by molar-refractivity contribution is 7.92. The summed E-state index contributed by atoms with van der Waals surface area (Å²) in [5.74, 6) is 1.81. The van der Waals surface area contributed by atoms with Gasteiger partial charge in [-0.2, -0.15) is 0 Å². The molecule has 2 N–H and O–H groups in total. The lowest BCUT2D eigenvalue weighted by atomic mass is 10.1. The summed E-state index contributed by atoms with van der Waals surface area (Å²) in [6.45, 7) is 4.14. The van der Waals surface area contributed by atoms with Gasteiger partial charge in [0.1, 0.15) is 5.82 Å². The van der Waals surface area contributed by atoms with Crippen molar-refractivity contribution < 1.29 is 8.95 Å². The number of anilines is 1. The Morgan fingerprint density at radius 2 is 2.24 bits per heavy atom. The summed E-state index contributed by atoms with van der Waals surface area (Å²) in [6.07, 6.45) is 6.95. The maximum absolute atomic E-state index is 12.8. The zero-order valence-electron chi connectivity index (χ0n) is 16.3. The molecule has 2 aliphatic rings. The number of nitrogens with one attached hydrogen (secondary N) is 2. The van der Waals surface area contributed by atoms with E-state index >= 15 is 0 Å². The molecule has 3 aromatic heterocycles. The Bertz CT molecular complexity index is 1160. The predicted molar refractivity (Wildman–Crippen MR) is 112 cm³/mol. The summed E-state index contributed by atoms with van der Waals surface area (Å²) in [4.78, 5) is 19.4. The third-order valence-electron chi connectivity index (χ3n) is 5.82. The van der Waals surface area contributed by atoms with Crippen molar-refractivity contribution in [2.75, 3.05) is 30.4 Å². The standard InChI is InChI=1S/C20H24N6O2S/c1-13-12-28-7-6-26(13)19-9-16(18-3-2-8-29(18,21)27)24-20(25-19)15-10-22-11-17-14(15)4-5-23-17/h4-5,9-11,13,18,21,23H,2-3,6-8,12H2,1H3/t13-,18?,29?/m1/s1. The summed E-state index contributed by atoms with van der Waals surface area (Å²) in [6, 6.07) is 4.10. The Kier molecular flexibility index (Phi) is 4.51. The van der Waals surface area contributed by atoms with E-state index in [0.29, 0.717) is 30.5 Å². The van der Waals surface area contributed by atoms with E-state index < -0.39 is 9.73 Å². The van der Waals surface area contributed by atoms with Gasteiger partial charge in [0.25, 0.3) is 0 Å². The predicted octanol–water partition coefficient (Wildman–Crippen LogP) is 3.13. The van der Waals surface area contributed by atoms with Gasteiger partial charge in [0.15, 0.2) is 5.82 Å². The molecule has 152 valence electrons. The van der Waals surface area contributed by atoms with Gasteiger partial charge in [-0.1, -0.05) is 0 Å². The van der Waals surface area contributed by atoms with Crippen LogP contribution in [0.4, 0.5) is 5.82 Å². The fourth-order valence-corrected chi connectivity index (χ4v) is 6.21. The number of fused-ring (bicyclic) bond motifs is 1. The number of nitrogens with zero attached hydrogens (tertiary/aromatic N) is 4. The largest absolute Gasteiger partial charge is 0.377 e. The molecular formula is C20H24N6O2S. The quantitative estimate of drug-likeness (QED) is 0.684. The zero-order valence-corrected chi connectivity index (χ0v) is 17.1. The highest BCUT2D eigenvalue weighted by Gasteiger charge is 2.32. The fraction of sp³-hybridized carbons (Fsp3) is 0.450. The van der Waals surface area contributed by atoms with Crippen LogP contribution in [0.2, 0.25) is 0 Å². The number of ether oxygens (including phenoxy) is 1. The number of morpholine rings is 1. The van der Waals surface area contributed by atoms with Crippen LogP contribution in [0, 0.1) is 4.78 Å². The number of aromatic nitrogens is 4. The first-order valence-electron chi connectivity index (χ1n) is 9.93. The Labute approximate surface area is 169 Å². The Morgan fingerprint density at radius 1 is 1.34 bits per heavy atom. The molecule has 9 heteroatoms. The van der Waals surface area contributed by atoms with Crippen LogP contribution in [0.3, 0.4) is 0 Å². The molecule has 29 heavy (non-hydrogen) atoms. The molecule has 3 atom stereocenters. The van der Waals surface area contributed by atoms with Gasteiger partial charge in [-0.05, 0) is 25.8 Å². The van der Waals surface area contributed by atoms with Crippen molar-refractivity contribution in [3.8, 4) is 11.4 Å². The highest BCUT2D eigenvalue weighted by Crippen LogP contribution is 2.37. The lowest BCUT2D eigenvalue weighted by Crippen LogP contribution is -2.44. The molecule has 0 amide bonds. The van der Waals surface area contributed by atoms with Crippen LogP contribution in [-0.4, -0.2) is 55.7 Å². The van der Waals surface area contributed by atoms with Crippen molar-refractivity contribution in [3.05, 3.63) is 36.4 Å². The van der Waals surface area contributed by atoms with Gasteiger partial charge < -0.3 is 14.6 Å². The second-order valence-corrected chi connectivity index (χ2v) is 10.2. The molecule has 0 saturated carbocycles. The van der Waals surface area contributed by atoms with Crippen molar-refractivity contribution in [2.24, 2.45) is 0 Å². The number of aromatic amines is 1. The summed E-state index contributed by atoms with van der Waals surface area (Å²) < 4.78 is 26.8. The van der Waals surface area contributed by atoms with E-state index in [1.807, 2.05) is 18.3 Å². The van der Waals surface area contributed by atoms with Gasteiger partial charge in [-0.25, -0.2) is 14.2 Å². The van der Waals surface area contributed by atoms with Crippen LogP contribution in [0.25, 0.3) is 22.3 Å². The molecule has 2 aliphatic heterocycles. The van der Waals surface area contributed by atoms with Crippen LogP contribution < -0.4 is 4.90 Å². The average Bonchev–Trinajstić information content (AvgIpc) is 3.33. The molecule has 3 aromatic rings. The molecule has 2 fully saturated rings. The van der Waals surface area contributed by atoms with E-state index in [0.717, 1.165) is 41.7 Å². The van der Waals surface area contributed by atoms with E-state index in [2.05, 4.69) is 21.8 Å². The fourth-order valence-electron chi connectivity index (χ4n) is 4.27. The molecule has 2 saturated heterocycles. The third kappa shape index (κ3) is 3.28. The second-order valence-electron chi connectivity index (χ2n) is 7.78. The minimum Gasteiger partial charge on any atom is -0.377 e. The van der Waals surface area contributed by atoms with Crippen molar-refractivity contribution in [3.63, 3.8) is 0 Å². The summed E-state index contributed by atoms with van der Waals surface area (Å²) >= 11 is 0. The van der Waals surface area contributed by atoms with E-state index in [9.17, 15) is 4.21 Å². The van der Waals surface area contributed by atoms with Crippen LogP contribution in [-0.2, 0) is 14.5 Å². The Morgan fingerprint density at radius 3 is 3.03 bits per heavy atom. The number of rotatable bonds is 3. The van der Waals surface area contributed by atoms with E-state index in [-0.39, 0.29) is 11.3 Å².